The first kappa shape index (κ1) is 15.5. The number of aryl methyl sites for hydroxylation is 1. The van der Waals surface area contributed by atoms with Crippen LogP contribution < -0.4 is 5.73 Å². The van der Waals surface area contributed by atoms with Gasteiger partial charge in [0, 0.05) is 12.6 Å². The van der Waals surface area contributed by atoms with Gasteiger partial charge in [0.15, 0.2) is 0 Å². The van der Waals surface area contributed by atoms with Crippen molar-refractivity contribution in [1.82, 2.24) is 4.90 Å². The Morgan fingerprint density at radius 1 is 1.20 bits per heavy atom. The van der Waals surface area contributed by atoms with Crippen LogP contribution >= 0.6 is 0 Å². The van der Waals surface area contributed by atoms with Gasteiger partial charge in [0.25, 0.3) is 0 Å². The summed E-state index contributed by atoms with van der Waals surface area (Å²) >= 11 is 0. The minimum atomic E-state index is 0.318. The quantitative estimate of drug-likeness (QED) is 0.825. The lowest BCUT2D eigenvalue weighted by Gasteiger charge is -2.33. The van der Waals surface area contributed by atoms with Crippen molar-refractivity contribution in [3.63, 3.8) is 0 Å². The van der Waals surface area contributed by atoms with Gasteiger partial charge in [-0.3, -0.25) is 0 Å². The lowest BCUT2D eigenvalue weighted by Crippen LogP contribution is -2.42. The summed E-state index contributed by atoms with van der Waals surface area (Å²) < 4.78 is 0. The Balaban J connectivity index is 1.64. The first-order valence-electron chi connectivity index (χ1n) is 8.29. The predicted octanol–water partition coefficient (Wildman–Crippen LogP) is 3.46. The standard InChI is InChI=1S/C18H30N2/c1-2-6-16-11-13-20(14-12-16)15-18(19)10-9-17-7-4-3-5-8-17/h3-5,7-8,16,18H,2,6,9-15,19H2,1H3. The van der Waals surface area contributed by atoms with Crippen LogP contribution in [-0.4, -0.2) is 30.6 Å². The molecule has 1 aliphatic rings. The molecule has 112 valence electrons. The lowest BCUT2D eigenvalue weighted by atomic mass is 9.92. The molecule has 2 rings (SSSR count). The second kappa shape index (κ2) is 8.43. The molecule has 1 atom stereocenters. The fourth-order valence-electron chi connectivity index (χ4n) is 3.29. The lowest BCUT2D eigenvalue weighted by molar-refractivity contribution is 0.168. The largest absolute Gasteiger partial charge is 0.327 e. The molecule has 2 heteroatoms. The van der Waals surface area contributed by atoms with E-state index in [0.717, 1.165) is 25.3 Å². The van der Waals surface area contributed by atoms with Gasteiger partial charge >= 0.3 is 0 Å². The second-order valence-electron chi connectivity index (χ2n) is 6.32. The van der Waals surface area contributed by atoms with Gasteiger partial charge in [0.2, 0.25) is 0 Å². The maximum Gasteiger partial charge on any atom is 0.0170 e. The molecule has 2 N–H and O–H groups in total. The van der Waals surface area contributed by atoms with E-state index in [1.807, 2.05) is 0 Å². The number of rotatable bonds is 7. The van der Waals surface area contributed by atoms with E-state index in [1.54, 1.807) is 0 Å². The molecular weight excluding hydrogens is 244 g/mol. The Morgan fingerprint density at radius 2 is 1.90 bits per heavy atom. The van der Waals surface area contributed by atoms with Crippen molar-refractivity contribution in [2.24, 2.45) is 11.7 Å². The zero-order valence-corrected chi connectivity index (χ0v) is 12.9. The zero-order chi connectivity index (χ0) is 14.2. The van der Waals surface area contributed by atoms with Crippen LogP contribution in [0.25, 0.3) is 0 Å². The second-order valence-corrected chi connectivity index (χ2v) is 6.32. The van der Waals surface area contributed by atoms with E-state index >= 15 is 0 Å². The van der Waals surface area contributed by atoms with Crippen LogP contribution in [0.1, 0.15) is 44.6 Å². The normalized spacial score (nSPS) is 19.1. The third kappa shape index (κ3) is 5.26. The fraction of sp³-hybridized carbons (Fsp3) is 0.667. The average Bonchev–Trinajstić information content (AvgIpc) is 2.49. The van der Waals surface area contributed by atoms with E-state index in [1.165, 1.54) is 44.3 Å². The van der Waals surface area contributed by atoms with Gasteiger partial charge in [-0.1, -0.05) is 50.1 Å². The Kier molecular flexibility index (Phi) is 6.55. The molecule has 1 aromatic rings. The highest BCUT2D eigenvalue weighted by Gasteiger charge is 2.19. The van der Waals surface area contributed by atoms with Crippen molar-refractivity contribution in [2.75, 3.05) is 19.6 Å². The third-order valence-electron chi connectivity index (χ3n) is 4.54. The SMILES string of the molecule is CCCC1CCN(CC(N)CCc2ccccc2)CC1. The van der Waals surface area contributed by atoms with Crippen molar-refractivity contribution >= 4 is 0 Å². The molecule has 1 unspecified atom stereocenters. The Morgan fingerprint density at radius 3 is 2.55 bits per heavy atom. The van der Waals surface area contributed by atoms with Crippen LogP contribution in [-0.2, 0) is 6.42 Å². The molecule has 20 heavy (non-hydrogen) atoms. The molecule has 0 aliphatic carbocycles. The predicted molar refractivity (Wildman–Crippen MR) is 86.8 cm³/mol. The van der Waals surface area contributed by atoms with Crippen LogP contribution in [0.15, 0.2) is 30.3 Å². The summed E-state index contributed by atoms with van der Waals surface area (Å²) in [5.41, 5.74) is 7.71. The summed E-state index contributed by atoms with van der Waals surface area (Å²) in [4.78, 5) is 2.57. The number of piperidine rings is 1. The van der Waals surface area contributed by atoms with E-state index < -0.39 is 0 Å². The Labute approximate surface area is 124 Å². The summed E-state index contributed by atoms with van der Waals surface area (Å²) in [5, 5.41) is 0. The topological polar surface area (TPSA) is 29.3 Å². The van der Waals surface area contributed by atoms with Crippen molar-refractivity contribution in [3.05, 3.63) is 35.9 Å². The van der Waals surface area contributed by atoms with E-state index in [4.69, 9.17) is 5.73 Å². The number of hydrogen-bond donors (Lipinski definition) is 1. The van der Waals surface area contributed by atoms with Crippen LogP contribution in [0.4, 0.5) is 0 Å². The zero-order valence-electron chi connectivity index (χ0n) is 12.9. The average molecular weight is 274 g/mol. The highest BCUT2D eigenvalue weighted by atomic mass is 15.1. The summed E-state index contributed by atoms with van der Waals surface area (Å²) in [5.74, 6) is 0.969. The van der Waals surface area contributed by atoms with E-state index in [2.05, 4.69) is 42.2 Å². The third-order valence-corrected chi connectivity index (χ3v) is 4.54. The molecule has 2 nitrogen and oxygen atoms in total. The minimum Gasteiger partial charge on any atom is -0.327 e. The van der Waals surface area contributed by atoms with Crippen LogP contribution in [0.5, 0.6) is 0 Å². The van der Waals surface area contributed by atoms with E-state index in [0.29, 0.717) is 6.04 Å². The smallest absolute Gasteiger partial charge is 0.0170 e. The van der Waals surface area contributed by atoms with E-state index in [-0.39, 0.29) is 0 Å². The van der Waals surface area contributed by atoms with Crippen molar-refractivity contribution in [1.29, 1.82) is 0 Å². The molecule has 0 aromatic heterocycles. The van der Waals surface area contributed by atoms with Crippen LogP contribution in [0.3, 0.4) is 0 Å². The molecule has 0 amide bonds. The number of likely N-dealkylation sites (tertiary alicyclic amines) is 1. The van der Waals surface area contributed by atoms with Gasteiger partial charge in [0.05, 0.1) is 0 Å². The molecule has 0 saturated carbocycles. The maximum atomic E-state index is 6.30. The molecule has 1 fully saturated rings. The van der Waals surface area contributed by atoms with Gasteiger partial charge in [-0.15, -0.1) is 0 Å². The van der Waals surface area contributed by atoms with Gasteiger partial charge in [0.1, 0.15) is 0 Å². The molecule has 1 aliphatic heterocycles. The fourth-order valence-corrected chi connectivity index (χ4v) is 3.29. The summed E-state index contributed by atoms with van der Waals surface area (Å²) in [6, 6.07) is 11.0. The monoisotopic (exact) mass is 274 g/mol. The van der Waals surface area contributed by atoms with Crippen LogP contribution in [0.2, 0.25) is 0 Å². The summed E-state index contributed by atoms with van der Waals surface area (Å²) in [7, 11) is 0. The molecule has 0 radical (unpaired) electrons. The summed E-state index contributed by atoms with van der Waals surface area (Å²) in [6.07, 6.45) is 7.70. The number of nitrogens with two attached hydrogens (primary N) is 1. The van der Waals surface area contributed by atoms with Gasteiger partial charge in [-0.2, -0.15) is 0 Å². The van der Waals surface area contributed by atoms with E-state index in [9.17, 15) is 0 Å². The minimum absolute atomic E-state index is 0.318. The van der Waals surface area contributed by atoms with Crippen molar-refractivity contribution in [3.8, 4) is 0 Å². The van der Waals surface area contributed by atoms with Crippen molar-refractivity contribution < 1.29 is 0 Å². The highest BCUT2D eigenvalue weighted by molar-refractivity contribution is 5.14. The molecule has 0 bridgehead atoms. The summed E-state index contributed by atoms with van der Waals surface area (Å²) in [6.45, 7) is 5.88. The molecular formula is C18H30N2. The first-order valence-corrected chi connectivity index (χ1v) is 8.29. The van der Waals surface area contributed by atoms with Crippen LogP contribution in [0, 0.1) is 5.92 Å². The Bertz CT molecular complexity index is 355. The van der Waals surface area contributed by atoms with Crippen molar-refractivity contribution in [2.45, 2.75) is 51.5 Å². The molecule has 1 saturated heterocycles. The molecule has 0 spiro atoms. The maximum absolute atomic E-state index is 6.30. The first-order chi connectivity index (χ1) is 9.78. The van der Waals surface area contributed by atoms with Gasteiger partial charge in [-0.25, -0.2) is 0 Å². The number of hydrogen-bond acceptors (Lipinski definition) is 2. The molecule has 1 aromatic carbocycles. The number of benzene rings is 1. The Hall–Kier alpha value is -0.860. The highest BCUT2D eigenvalue weighted by Crippen LogP contribution is 2.21. The van der Waals surface area contributed by atoms with Gasteiger partial charge in [-0.05, 0) is 50.3 Å². The number of nitrogens with zero attached hydrogens (tertiary/aromatic N) is 1. The van der Waals surface area contributed by atoms with Gasteiger partial charge < -0.3 is 10.6 Å². The molecule has 1 heterocycles.